The van der Waals surface area contributed by atoms with Gasteiger partial charge in [0.1, 0.15) is 0 Å². The maximum atomic E-state index is 12.1. The number of carbonyl (C=O) groups is 2. The van der Waals surface area contributed by atoms with E-state index < -0.39 is 0 Å². The summed E-state index contributed by atoms with van der Waals surface area (Å²) in [5.74, 6) is 0.616. The highest BCUT2D eigenvalue weighted by molar-refractivity contribution is 6.30. The third-order valence-electron chi connectivity index (χ3n) is 3.60. The van der Waals surface area contributed by atoms with Crippen molar-refractivity contribution in [3.05, 3.63) is 34.9 Å². The average molecular weight is 280 g/mol. The third-order valence-corrected chi connectivity index (χ3v) is 3.85. The van der Waals surface area contributed by atoms with Crippen LogP contribution in [0, 0.1) is 5.92 Å². The van der Waals surface area contributed by atoms with E-state index in [-0.39, 0.29) is 18.2 Å². The second-order valence-electron chi connectivity index (χ2n) is 5.18. The molecule has 4 heteroatoms. The van der Waals surface area contributed by atoms with Crippen LogP contribution in [0.3, 0.4) is 0 Å². The van der Waals surface area contributed by atoms with Crippen molar-refractivity contribution in [2.45, 2.75) is 26.2 Å². The number of ketones is 1. The predicted octanol–water partition coefficient (Wildman–Crippen LogP) is 3.17. The summed E-state index contributed by atoms with van der Waals surface area (Å²) in [7, 11) is 0. The van der Waals surface area contributed by atoms with Gasteiger partial charge in [0.2, 0.25) is 5.91 Å². The quantitative estimate of drug-likeness (QED) is 0.797. The highest BCUT2D eigenvalue weighted by atomic mass is 35.5. The summed E-state index contributed by atoms with van der Waals surface area (Å²) in [5.41, 5.74) is 0.606. The van der Waals surface area contributed by atoms with Crippen molar-refractivity contribution in [3.8, 4) is 0 Å². The number of rotatable bonds is 3. The van der Waals surface area contributed by atoms with Crippen LogP contribution < -0.4 is 0 Å². The topological polar surface area (TPSA) is 37.4 Å². The van der Waals surface area contributed by atoms with Gasteiger partial charge in [0.25, 0.3) is 0 Å². The Morgan fingerprint density at radius 3 is 2.68 bits per heavy atom. The Kier molecular flexibility index (Phi) is 4.59. The van der Waals surface area contributed by atoms with E-state index in [1.807, 2.05) is 0 Å². The van der Waals surface area contributed by atoms with Crippen molar-refractivity contribution in [2.24, 2.45) is 5.92 Å². The molecule has 1 aromatic rings. The predicted molar refractivity (Wildman–Crippen MR) is 75.4 cm³/mol. The second-order valence-corrected chi connectivity index (χ2v) is 5.61. The van der Waals surface area contributed by atoms with Gasteiger partial charge < -0.3 is 4.90 Å². The van der Waals surface area contributed by atoms with Crippen molar-refractivity contribution >= 4 is 23.3 Å². The van der Waals surface area contributed by atoms with Gasteiger partial charge in [-0.25, -0.2) is 0 Å². The first-order valence-electron chi connectivity index (χ1n) is 6.63. The molecule has 1 aliphatic rings. The molecule has 0 radical (unpaired) electrons. The van der Waals surface area contributed by atoms with Gasteiger partial charge >= 0.3 is 0 Å². The molecule has 0 aliphatic carbocycles. The Balaban J connectivity index is 2.01. The molecule has 0 aromatic heterocycles. The summed E-state index contributed by atoms with van der Waals surface area (Å²) in [5, 5.41) is 0.608. The van der Waals surface area contributed by atoms with Crippen LogP contribution >= 0.6 is 11.6 Å². The van der Waals surface area contributed by atoms with E-state index in [1.54, 1.807) is 29.2 Å². The number of halogens is 1. The number of hydrogen-bond donors (Lipinski definition) is 0. The SMILES string of the molecule is CC1CCC(=O)N(CC(=O)c2ccc(Cl)cc2)CC1. The van der Waals surface area contributed by atoms with Gasteiger partial charge in [-0.05, 0) is 43.0 Å². The summed E-state index contributed by atoms with van der Waals surface area (Å²) in [6.45, 7) is 3.00. The first-order chi connectivity index (χ1) is 9.06. The molecule has 2 rings (SSSR count). The highest BCUT2D eigenvalue weighted by Crippen LogP contribution is 2.18. The fourth-order valence-corrected chi connectivity index (χ4v) is 2.37. The minimum atomic E-state index is -0.0282. The lowest BCUT2D eigenvalue weighted by atomic mass is 10.0. The zero-order valence-corrected chi connectivity index (χ0v) is 11.8. The molecule has 0 bridgehead atoms. The maximum Gasteiger partial charge on any atom is 0.222 e. The summed E-state index contributed by atoms with van der Waals surface area (Å²) in [4.78, 5) is 25.7. The molecule has 1 amide bonds. The Morgan fingerprint density at radius 2 is 2.00 bits per heavy atom. The first kappa shape index (κ1) is 14.1. The minimum Gasteiger partial charge on any atom is -0.335 e. The van der Waals surface area contributed by atoms with Crippen LogP contribution in [0.15, 0.2) is 24.3 Å². The van der Waals surface area contributed by atoms with Crippen molar-refractivity contribution in [1.29, 1.82) is 0 Å². The highest BCUT2D eigenvalue weighted by Gasteiger charge is 2.22. The largest absolute Gasteiger partial charge is 0.335 e. The van der Waals surface area contributed by atoms with Gasteiger partial charge in [0.15, 0.2) is 5.78 Å². The number of likely N-dealkylation sites (tertiary alicyclic amines) is 1. The Hall–Kier alpha value is -1.35. The number of Topliss-reactive ketones (excluding diaryl/α,β-unsaturated/α-hetero) is 1. The van der Waals surface area contributed by atoms with Gasteiger partial charge in [-0.3, -0.25) is 9.59 Å². The third kappa shape index (κ3) is 3.80. The molecule has 3 nitrogen and oxygen atoms in total. The first-order valence-corrected chi connectivity index (χ1v) is 7.00. The van der Waals surface area contributed by atoms with Gasteiger partial charge in [0, 0.05) is 23.6 Å². The van der Waals surface area contributed by atoms with Crippen molar-refractivity contribution in [2.75, 3.05) is 13.1 Å². The van der Waals surface area contributed by atoms with E-state index in [4.69, 9.17) is 11.6 Å². The van der Waals surface area contributed by atoms with Crippen molar-refractivity contribution in [1.82, 2.24) is 4.90 Å². The van der Waals surface area contributed by atoms with Gasteiger partial charge in [-0.1, -0.05) is 18.5 Å². The molecule has 0 saturated carbocycles. The summed E-state index contributed by atoms with van der Waals surface area (Å²) >= 11 is 5.79. The minimum absolute atomic E-state index is 0.0282. The summed E-state index contributed by atoms with van der Waals surface area (Å²) in [6.07, 6.45) is 2.44. The average Bonchev–Trinajstić information content (AvgIpc) is 2.55. The molecule has 1 unspecified atom stereocenters. The van der Waals surface area contributed by atoms with E-state index in [2.05, 4.69) is 6.92 Å². The van der Waals surface area contributed by atoms with E-state index in [1.165, 1.54) is 0 Å². The van der Waals surface area contributed by atoms with Crippen molar-refractivity contribution in [3.63, 3.8) is 0 Å². The molecule has 1 fully saturated rings. The number of carbonyl (C=O) groups excluding carboxylic acids is 2. The smallest absolute Gasteiger partial charge is 0.222 e. The zero-order valence-electron chi connectivity index (χ0n) is 11.1. The fraction of sp³-hybridized carbons (Fsp3) is 0.467. The standard InChI is InChI=1S/C15H18ClNO2/c1-11-2-7-15(19)17(9-8-11)10-14(18)12-3-5-13(16)6-4-12/h3-6,11H,2,7-10H2,1H3. The lowest BCUT2D eigenvalue weighted by Gasteiger charge is -2.19. The van der Waals surface area contributed by atoms with Crippen LogP contribution in [0.1, 0.15) is 36.5 Å². The normalized spacial score (nSPS) is 20.2. The summed E-state index contributed by atoms with van der Waals surface area (Å²) in [6, 6.07) is 6.80. The number of hydrogen-bond acceptors (Lipinski definition) is 2. The zero-order chi connectivity index (χ0) is 13.8. The van der Waals surface area contributed by atoms with Crippen LogP contribution in [-0.4, -0.2) is 29.7 Å². The molecule has 102 valence electrons. The molecule has 1 heterocycles. The van der Waals surface area contributed by atoms with Crippen LogP contribution in [0.5, 0.6) is 0 Å². The van der Waals surface area contributed by atoms with E-state index in [9.17, 15) is 9.59 Å². The summed E-state index contributed by atoms with van der Waals surface area (Å²) < 4.78 is 0. The lowest BCUT2D eigenvalue weighted by Crippen LogP contribution is -2.35. The van der Waals surface area contributed by atoms with E-state index in [0.717, 1.165) is 12.8 Å². The van der Waals surface area contributed by atoms with Gasteiger partial charge in [0.05, 0.1) is 6.54 Å². The van der Waals surface area contributed by atoms with Crippen LogP contribution in [0.2, 0.25) is 5.02 Å². The fourth-order valence-electron chi connectivity index (χ4n) is 2.24. The van der Waals surface area contributed by atoms with Gasteiger partial charge in [-0.15, -0.1) is 0 Å². The molecule has 19 heavy (non-hydrogen) atoms. The van der Waals surface area contributed by atoms with Gasteiger partial charge in [-0.2, -0.15) is 0 Å². The van der Waals surface area contributed by atoms with Crippen LogP contribution in [0.4, 0.5) is 0 Å². The Morgan fingerprint density at radius 1 is 1.32 bits per heavy atom. The number of benzene rings is 1. The van der Waals surface area contributed by atoms with E-state index in [0.29, 0.717) is 29.5 Å². The number of nitrogens with zero attached hydrogens (tertiary/aromatic N) is 1. The Labute approximate surface area is 118 Å². The maximum absolute atomic E-state index is 12.1. The molecule has 1 saturated heterocycles. The molecule has 1 aliphatic heterocycles. The molecular formula is C15H18ClNO2. The van der Waals surface area contributed by atoms with Crippen LogP contribution in [0.25, 0.3) is 0 Å². The number of amides is 1. The molecular weight excluding hydrogens is 262 g/mol. The lowest BCUT2D eigenvalue weighted by molar-refractivity contribution is -0.130. The molecule has 1 aromatic carbocycles. The van der Waals surface area contributed by atoms with E-state index >= 15 is 0 Å². The monoisotopic (exact) mass is 279 g/mol. The second kappa shape index (κ2) is 6.20. The van der Waals surface area contributed by atoms with Crippen molar-refractivity contribution < 1.29 is 9.59 Å². The van der Waals surface area contributed by atoms with Crippen LogP contribution in [-0.2, 0) is 4.79 Å². The molecule has 0 spiro atoms. The molecule has 1 atom stereocenters. The molecule has 0 N–H and O–H groups in total. The Bertz CT molecular complexity index is 470.